The highest BCUT2D eigenvalue weighted by molar-refractivity contribution is 5.85. The molecular weight excluding hydrogens is 376 g/mol. The van der Waals surface area contributed by atoms with E-state index in [2.05, 4.69) is 4.98 Å². The topological polar surface area (TPSA) is 49.6 Å². The minimum absolute atomic E-state index is 0.0760. The number of aromatic nitrogens is 1. The number of oxazole rings is 1. The first-order chi connectivity index (χ1) is 14.0. The number of para-hydroxylation sites is 2. The molecule has 3 heterocycles. The second-order valence-electron chi connectivity index (χ2n) is 7.99. The fourth-order valence-corrected chi connectivity index (χ4v) is 4.57. The summed E-state index contributed by atoms with van der Waals surface area (Å²) in [6.07, 6.45) is 2.44. The molecule has 0 N–H and O–H groups in total. The van der Waals surface area contributed by atoms with Gasteiger partial charge in [-0.15, -0.1) is 0 Å². The summed E-state index contributed by atoms with van der Waals surface area (Å²) in [6, 6.07) is 12.0. The van der Waals surface area contributed by atoms with E-state index in [1.54, 1.807) is 4.90 Å². The van der Waals surface area contributed by atoms with Crippen molar-refractivity contribution in [2.45, 2.75) is 25.8 Å². The van der Waals surface area contributed by atoms with Gasteiger partial charge in [0.1, 0.15) is 5.52 Å². The van der Waals surface area contributed by atoms with Crippen molar-refractivity contribution >= 4 is 23.0 Å². The third-order valence-electron chi connectivity index (χ3n) is 6.09. The van der Waals surface area contributed by atoms with Gasteiger partial charge in [-0.3, -0.25) is 4.79 Å². The largest absolute Gasteiger partial charge is 0.423 e. The molecule has 2 aliphatic heterocycles. The van der Waals surface area contributed by atoms with Crippen molar-refractivity contribution in [3.8, 4) is 0 Å². The van der Waals surface area contributed by atoms with Crippen LogP contribution in [0.5, 0.6) is 0 Å². The zero-order valence-electron chi connectivity index (χ0n) is 15.9. The highest BCUT2D eigenvalue weighted by Crippen LogP contribution is 2.42. The van der Waals surface area contributed by atoms with E-state index in [0.717, 1.165) is 36.4 Å². The lowest BCUT2D eigenvalue weighted by Crippen LogP contribution is -2.49. The predicted octanol–water partition coefficient (Wildman–Crippen LogP) is 4.13. The Morgan fingerprint density at radius 3 is 2.76 bits per heavy atom. The van der Waals surface area contributed by atoms with Crippen LogP contribution >= 0.6 is 0 Å². The molecule has 29 heavy (non-hydrogen) atoms. The second-order valence-corrected chi connectivity index (χ2v) is 7.99. The molecule has 1 spiro atoms. The van der Waals surface area contributed by atoms with E-state index in [-0.39, 0.29) is 5.91 Å². The highest BCUT2D eigenvalue weighted by Gasteiger charge is 2.49. The van der Waals surface area contributed by atoms with Gasteiger partial charge in [-0.05, 0) is 49.1 Å². The molecular formula is C22H21F2N3O2. The van der Waals surface area contributed by atoms with Crippen molar-refractivity contribution in [3.05, 3.63) is 59.7 Å². The Bertz CT molecular complexity index is 1050. The average Bonchev–Trinajstić information content (AvgIpc) is 3.33. The minimum Gasteiger partial charge on any atom is -0.423 e. The molecule has 7 heteroatoms. The molecule has 1 amide bonds. The summed E-state index contributed by atoms with van der Waals surface area (Å²) in [6.45, 7) is 2.19. The molecule has 5 nitrogen and oxygen atoms in total. The first-order valence-electron chi connectivity index (χ1n) is 9.88. The van der Waals surface area contributed by atoms with E-state index >= 15 is 0 Å². The maximum Gasteiger partial charge on any atom is 0.298 e. The maximum absolute atomic E-state index is 13.5. The number of rotatable bonds is 3. The number of anilines is 1. The Morgan fingerprint density at radius 2 is 1.93 bits per heavy atom. The van der Waals surface area contributed by atoms with Crippen molar-refractivity contribution in [2.75, 3.05) is 24.5 Å². The molecule has 2 aromatic carbocycles. The number of hydrogen-bond donors (Lipinski definition) is 0. The highest BCUT2D eigenvalue weighted by atomic mass is 19.2. The Balaban J connectivity index is 1.34. The second kappa shape index (κ2) is 6.83. The SMILES string of the molecule is O=C1N(Cc2ccc(F)c(F)c2)CCCC12CCN(c1nc3ccccc3o1)C2. The summed E-state index contributed by atoms with van der Waals surface area (Å²) < 4.78 is 32.6. The van der Waals surface area contributed by atoms with Crippen LogP contribution in [0.15, 0.2) is 46.9 Å². The van der Waals surface area contributed by atoms with Gasteiger partial charge in [0.05, 0.1) is 5.41 Å². The van der Waals surface area contributed by atoms with E-state index in [9.17, 15) is 13.6 Å². The smallest absolute Gasteiger partial charge is 0.298 e. The van der Waals surface area contributed by atoms with E-state index in [0.29, 0.717) is 37.8 Å². The lowest BCUT2D eigenvalue weighted by molar-refractivity contribution is -0.145. The molecule has 2 saturated heterocycles. The number of piperidine rings is 1. The van der Waals surface area contributed by atoms with Gasteiger partial charge in [0.2, 0.25) is 5.91 Å². The molecule has 1 atom stereocenters. The van der Waals surface area contributed by atoms with Gasteiger partial charge in [0.15, 0.2) is 17.2 Å². The number of halogens is 2. The Hall–Kier alpha value is -2.96. The van der Waals surface area contributed by atoms with Gasteiger partial charge in [-0.2, -0.15) is 4.98 Å². The molecule has 2 fully saturated rings. The van der Waals surface area contributed by atoms with E-state index in [1.165, 1.54) is 12.1 Å². The van der Waals surface area contributed by atoms with Crippen LogP contribution < -0.4 is 4.90 Å². The van der Waals surface area contributed by atoms with Crippen molar-refractivity contribution in [1.82, 2.24) is 9.88 Å². The number of nitrogens with zero attached hydrogens (tertiary/aromatic N) is 3. The molecule has 0 saturated carbocycles. The van der Waals surface area contributed by atoms with Gasteiger partial charge >= 0.3 is 0 Å². The van der Waals surface area contributed by atoms with Crippen molar-refractivity contribution in [1.29, 1.82) is 0 Å². The maximum atomic E-state index is 13.5. The monoisotopic (exact) mass is 397 g/mol. The van der Waals surface area contributed by atoms with Gasteiger partial charge < -0.3 is 14.2 Å². The number of amides is 1. The molecule has 150 valence electrons. The summed E-state index contributed by atoms with van der Waals surface area (Å²) in [4.78, 5) is 21.7. The first kappa shape index (κ1) is 18.1. The van der Waals surface area contributed by atoms with Crippen molar-refractivity contribution in [3.63, 3.8) is 0 Å². The molecule has 0 bridgehead atoms. The van der Waals surface area contributed by atoms with E-state index < -0.39 is 17.0 Å². The lowest BCUT2D eigenvalue weighted by atomic mass is 9.78. The van der Waals surface area contributed by atoms with E-state index in [1.807, 2.05) is 29.2 Å². The third-order valence-corrected chi connectivity index (χ3v) is 6.09. The zero-order chi connectivity index (χ0) is 20.0. The van der Waals surface area contributed by atoms with Crippen LogP contribution in [0.2, 0.25) is 0 Å². The van der Waals surface area contributed by atoms with Gasteiger partial charge in [0, 0.05) is 26.2 Å². The third kappa shape index (κ3) is 3.14. The minimum atomic E-state index is -0.885. The normalized spacial score (nSPS) is 22.2. The molecule has 1 aromatic heterocycles. The standard InChI is InChI=1S/C22H21F2N3O2/c23-16-7-6-15(12-17(16)24)13-26-10-3-8-22(20(26)28)9-11-27(14-22)21-25-18-4-1-2-5-19(18)29-21/h1-2,4-7,12H,3,8-11,13-14H2. The van der Waals surface area contributed by atoms with Crippen LogP contribution in [0, 0.1) is 17.0 Å². The van der Waals surface area contributed by atoms with Crippen LogP contribution in [0.25, 0.3) is 11.1 Å². The van der Waals surface area contributed by atoms with Gasteiger partial charge in [-0.1, -0.05) is 18.2 Å². The van der Waals surface area contributed by atoms with Crippen molar-refractivity contribution < 1.29 is 18.0 Å². The zero-order valence-corrected chi connectivity index (χ0v) is 15.9. The summed E-state index contributed by atoms with van der Waals surface area (Å²) in [5.74, 6) is -1.68. The lowest BCUT2D eigenvalue weighted by Gasteiger charge is -2.39. The van der Waals surface area contributed by atoms with E-state index in [4.69, 9.17) is 4.42 Å². The Labute approximate surface area is 166 Å². The number of fused-ring (bicyclic) bond motifs is 1. The summed E-state index contributed by atoms with van der Waals surface area (Å²) in [5, 5.41) is 0. The average molecular weight is 397 g/mol. The number of carbonyl (C=O) groups is 1. The van der Waals surface area contributed by atoms with Gasteiger partial charge in [0.25, 0.3) is 6.01 Å². The summed E-state index contributed by atoms with van der Waals surface area (Å²) >= 11 is 0. The molecule has 5 rings (SSSR count). The fraction of sp³-hybridized carbons (Fsp3) is 0.364. The first-order valence-corrected chi connectivity index (χ1v) is 9.88. The van der Waals surface area contributed by atoms with Crippen molar-refractivity contribution in [2.24, 2.45) is 5.41 Å². The summed E-state index contributed by atoms with van der Waals surface area (Å²) in [7, 11) is 0. The fourth-order valence-electron chi connectivity index (χ4n) is 4.57. The predicted molar refractivity (Wildman–Crippen MR) is 104 cm³/mol. The Kier molecular flexibility index (Phi) is 4.26. The number of benzene rings is 2. The number of carbonyl (C=O) groups excluding carboxylic acids is 1. The molecule has 1 unspecified atom stereocenters. The molecule has 3 aromatic rings. The van der Waals surface area contributed by atoms with Crippen LogP contribution in [0.3, 0.4) is 0 Å². The van der Waals surface area contributed by atoms with Crippen LogP contribution in [-0.4, -0.2) is 35.4 Å². The number of likely N-dealkylation sites (tertiary alicyclic amines) is 1. The summed E-state index contributed by atoms with van der Waals surface area (Å²) in [5.41, 5.74) is 1.66. The number of hydrogen-bond acceptors (Lipinski definition) is 4. The van der Waals surface area contributed by atoms with Gasteiger partial charge in [-0.25, -0.2) is 8.78 Å². The van der Waals surface area contributed by atoms with Crippen LogP contribution in [0.4, 0.5) is 14.8 Å². The molecule has 0 aliphatic carbocycles. The van der Waals surface area contributed by atoms with Crippen LogP contribution in [0.1, 0.15) is 24.8 Å². The Morgan fingerprint density at radius 1 is 1.07 bits per heavy atom. The molecule has 0 radical (unpaired) electrons. The quantitative estimate of drug-likeness (QED) is 0.667. The van der Waals surface area contributed by atoms with Crippen LogP contribution in [-0.2, 0) is 11.3 Å². The molecule has 2 aliphatic rings.